The van der Waals surface area contributed by atoms with E-state index in [1.807, 2.05) is 0 Å². The van der Waals surface area contributed by atoms with Crippen LogP contribution in [0.25, 0.3) is 0 Å². The third kappa shape index (κ3) is 4.10. The summed E-state index contributed by atoms with van der Waals surface area (Å²) >= 11 is 0. The molecule has 2 heteroatoms. The lowest BCUT2D eigenvalue weighted by atomic mass is 10.0. The third-order valence-electron chi connectivity index (χ3n) is 2.87. The van der Waals surface area contributed by atoms with E-state index in [0.29, 0.717) is 12.0 Å². The van der Waals surface area contributed by atoms with E-state index >= 15 is 0 Å². The maximum absolute atomic E-state index is 5.79. The van der Waals surface area contributed by atoms with Crippen molar-refractivity contribution in [1.29, 1.82) is 0 Å². The van der Waals surface area contributed by atoms with Gasteiger partial charge < -0.3 is 9.47 Å². The predicted molar refractivity (Wildman–Crippen MR) is 53.8 cm³/mol. The molecule has 0 aromatic rings. The average molecular weight is 186 g/mol. The third-order valence-corrected chi connectivity index (χ3v) is 2.87. The molecule has 1 unspecified atom stereocenters. The molecule has 0 N–H and O–H groups in total. The summed E-state index contributed by atoms with van der Waals surface area (Å²) < 4.78 is 11.1. The van der Waals surface area contributed by atoms with Crippen LogP contribution in [0.1, 0.15) is 33.6 Å². The molecular weight excluding hydrogens is 164 g/mol. The molecule has 1 aliphatic heterocycles. The number of rotatable bonds is 4. The van der Waals surface area contributed by atoms with Gasteiger partial charge in [0.05, 0.1) is 6.10 Å². The molecule has 0 spiro atoms. The maximum Gasteiger partial charge on any atom is 0.0570 e. The molecule has 0 radical (unpaired) electrons. The summed E-state index contributed by atoms with van der Waals surface area (Å²) in [5.74, 6) is 1.36. The lowest BCUT2D eigenvalue weighted by Crippen LogP contribution is -2.24. The smallest absolute Gasteiger partial charge is 0.0570 e. The molecule has 2 nitrogen and oxygen atoms in total. The minimum absolute atomic E-state index is 0.392. The van der Waals surface area contributed by atoms with Crippen LogP contribution in [0.4, 0.5) is 0 Å². The van der Waals surface area contributed by atoms with Crippen molar-refractivity contribution < 1.29 is 9.47 Å². The Bertz CT molecular complexity index is 128. The fourth-order valence-corrected chi connectivity index (χ4v) is 1.39. The monoisotopic (exact) mass is 186 g/mol. The highest BCUT2D eigenvalue weighted by molar-refractivity contribution is 4.64. The predicted octanol–water partition coefficient (Wildman–Crippen LogP) is 2.47. The van der Waals surface area contributed by atoms with E-state index in [2.05, 4.69) is 20.8 Å². The molecule has 0 aliphatic carbocycles. The largest absolute Gasteiger partial charge is 0.381 e. The van der Waals surface area contributed by atoms with Gasteiger partial charge in [-0.1, -0.05) is 13.8 Å². The van der Waals surface area contributed by atoms with Crippen LogP contribution in [-0.2, 0) is 9.47 Å². The molecule has 1 heterocycles. The molecule has 1 rings (SSSR count). The van der Waals surface area contributed by atoms with Gasteiger partial charge in [0.25, 0.3) is 0 Å². The minimum Gasteiger partial charge on any atom is -0.381 e. The van der Waals surface area contributed by atoms with Gasteiger partial charge in [0.1, 0.15) is 0 Å². The van der Waals surface area contributed by atoms with E-state index in [0.717, 1.165) is 25.7 Å². The number of ether oxygens (including phenoxy) is 2. The van der Waals surface area contributed by atoms with E-state index in [1.54, 1.807) is 0 Å². The molecular formula is C11H22O2. The summed E-state index contributed by atoms with van der Waals surface area (Å²) in [5, 5.41) is 0. The first-order valence-corrected chi connectivity index (χ1v) is 5.39. The summed E-state index contributed by atoms with van der Waals surface area (Å²) in [6, 6.07) is 0. The van der Waals surface area contributed by atoms with Crippen molar-refractivity contribution >= 4 is 0 Å². The fraction of sp³-hybridized carbons (Fsp3) is 1.00. The lowest BCUT2D eigenvalue weighted by molar-refractivity contribution is -0.0194. The van der Waals surface area contributed by atoms with Gasteiger partial charge in [-0.05, 0) is 31.6 Å². The summed E-state index contributed by atoms with van der Waals surface area (Å²) in [6.45, 7) is 9.32. The molecule has 1 aliphatic rings. The summed E-state index contributed by atoms with van der Waals surface area (Å²) in [4.78, 5) is 0. The Balaban J connectivity index is 2.10. The van der Waals surface area contributed by atoms with Crippen molar-refractivity contribution in [3.05, 3.63) is 0 Å². The standard InChI is InChI=1S/C11H22O2/c1-9(2)10(3)13-8-11-4-6-12-7-5-11/h9-11H,4-8H2,1-3H3. The van der Waals surface area contributed by atoms with Crippen molar-refractivity contribution in [2.24, 2.45) is 11.8 Å². The second-order valence-corrected chi connectivity index (χ2v) is 4.34. The van der Waals surface area contributed by atoms with E-state index < -0.39 is 0 Å². The van der Waals surface area contributed by atoms with Crippen LogP contribution < -0.4 is 0 Å². The van der Waals surface area contributed by atoms with Crippen LogP contribution >= 0.6 is 0 Å². The van der Waals surface area contributed by atoms with Crippen LogP contribution in [0, 0.1) is 11.8 Å². The Morgan fingerprint density at radius 3 is 2.38 bits per heavy atom. The van der Waals surface area contributed by atoms with Crippen LogP contribution in [-0.4, -0.2) is 25.9 Å². The molecule has 0 saturated carbocycles. The highest BCUT2D eigenvalue weighted by atomic mass is 16.5. The first-order valence-electron chi connectivity index (χ1n) is 5.39. The molecule has 0 aromatic carbocycles. The molecule has 1 fully saturated rings. The van der Waals surface area contributed by atoms with Crippen LogP contribution in [0.15, 0.2) is 0 Å². The van der Waals surface area contributed by atoms with Crippen molar-refractivity contribution in [2.45, 2.75) is 39.7 Å². The zero-order chi connectivity index (χ0) is 9.68. The summed E-state index contributed by atoms with van der Waals surface area (Å²) in [7, 11) is 0. The maximum atomic E-state index is 5.79. The van der Waals surface area contributed by atoms with Crippen molar-refractivity contribution in [3.63, 3.8) is 0 Å². The second-order valence-electron chi connectivity index (χ2n) is 4.34. The molecule has 13 heavy (non-hydrogen) atoms. The molecule has 1 atom stereocenters. The Hall–Kier alpha value is -0.0800. The molecule has 1 saturated heterocycles. The Labute approximate surface area is 81.6 Å². The Kier molecular flexibility index (Phi) is 4.74. The molecule has 78 valence electrons. The molecule has 0 aromatic heterocycles. The Morgan fingerprint density at radius 2 is 1.85 bits per heavy atom. The van der Waals surface area contributed by atoms with Gasteiger partial charge >= 0.3 is 0 Å². The van der Waals surface area contributed by atoms with Gasteiger partial charge in [-0.2, -0.15) is 0 Å². The number of hydrogen-bond acceptors (Lipinski definition) is 2. The van der Waals surface area contributed by atoms with Crippen LogP contribution in [0.3, 0.4) is 0 Å². The average Bonchev–Trinajstić information content (AvgIpc) is 2.15. The van der Waals surface area contributed by atoms with Gasteiger partial charge in [0.15, 0.2) is 0 Å². The normalized spacial score (nSPS) is 22.2. The van der Waals surface area contributed by atoms with Gasteiger partial charge in [-0.25, -0.2) is 0 Å². The minimum atomic E-state index is 0.392. The van der Waals surface area contributed by atoms with E-state index in [-0.39, 0.29) is 0 Å². The zero-order valence-electron chi connectivity index (χ0n) is 9.08. The zero-order valence-corrected chi connectivity index (χ0v) is 9.08. The van der Waals surface area contributed by atoms with Gasteiger partial charge in [0.2, 0.25) is 0 Å². The summed E-state index contributed by atoms with van der Waals surface area (Å²) in [6.07, 6.45) is 2.73. The first-order chi connectivity index (χ1) is 6.20. The highest BCUT2D eigenvalue weighted by Crippen LogP contribution is 2.16. The number of hydrogen-bond donors (Lipinski definition) is 0. The topological polar surface area (TPSA) is 18.5 Å². The van der Waals surface area contributed by atoms with Gasteiger partial charge in [-0.3, -0.25) is 0 Å². The molecule has 0 bridgehead atoms. The van der Waals surface area contributed by atoms with Crippen molar-refractivity contribution in [3.8, 4) is 0 Å². The Morgan fingerprint density at radius 1 is 1.23 bits per heavy atom. The SMILES string of the molecule is CC(C)C(C)OCC1CCOCC1. The van der Waals surface area contributed by atoms with E-state index in [1.165, 1.54) is 12.8 Å². The van der Waals surface area contributed by atoms with Gasteiger partial charge in [0, 0.05) is 19.8 Å². The first kappa shape index (κ1) is 11.0. The fourth-order valence-electron chi connectivity index (χ4n) is 1.39. The summed E-state index contributed by atoms with van der Waals surface area (Å²) in [5.41, 5.74) is 0. The van der Waals surface area contributed by atoms with Gasteiger partial charge in [-0.15, -0.1) is 0 Å². The van der Waals surface area contributed by atoms with E-state index in [4.69, 9.17) is 9.47 Å². The lowest BCUT2D eigenvalue weighted by Gasteiger charge is -2.24. The second kappa shape index (κ2) is 5.61. The van der Waals surface area contributed by atoms with Crippen LogP contribution in [0.5, 0.6) is 0 Å². The van der Waals surface area contributed by atoms with Crippen molar-refractivity contribution in [2.75, 3.05) is 19.8 Å². The van der Waals surface area contributed by atoms with E-state index in [9.17, 15) is 0 Å². The van der Waals surface area contributed by atoms with Crippen LogP contribution in [0.2, 0.25) is 0 Å². The quantitative estimate of drug-likeness (QED) is 0.671. The molecule has 0 amide bonds. The van der Waals surface area contributed by atoms with Crippen molar-refractivity contribution in [1.82, 2.24) is 0 Å². The highest BCUT2D eigenvalue weighted by Gasteiger charge is 2.16.